The molecule has 1 fully saturated rings. The van der Waals surface area contributed by atoms with Crippen LogP contribution in [0.3, 0.4) is 0 Å². The summed E-state index contributed by atoms with van der Waals surface area (Å²) in [6, 6.07) is 3.39. The van der Waals surface area contributed by atoms with E-state index in [-0.39, 0.29) is 17.9 Å². The lowest BCUT2D eigenvalue weighted by atomic mass is 10.0. The van der Waals surface area contributed by atoms with Gasteiger partial charge in [-0.3, -0.25) is 9.36 Å². The minimum Gasteiger partial charge on any atom is -0.379 e. The first-order valence-corrected chi connectivity index (χ1v) is 6.76. The molecule has 2 aromatic rings. The molecule has 1 saturated heterocycles. The van der Waals surface area contributed by atoms with E-state index in [4.69, 9.17) is 10.5 Å². The molecular formula is C14H17N5O2. The van der Waals surface area contributed by atoms with E-state index in [0.29, 0.717) is 18.9 Å². The number of amides is 1. The first-order chi connectivity index (χ1) is 10.1. The van der Waals surface area contributed by atoms with E-state index in [2.05, 4.69) is 15.3 Å². The number of ether oxygens (including phenoxy) is 1. The van der Waals surface area contributed by atoms with Gasteiger partial charge in [-0.2, -0.15) is 0 Å². The standard InChI is InChI=1S/C14H17N5O2/c1-9-16-4-5-19(9)13-3-2-10(6-17-13)18-14(20)11-7-21-8-12(11)15/h2-6,11-12H,7-8,15H2,1H3,(H,18,20). The number of aromatic nitrogens is 3. The zero-order chi connectivity index (χ0) is 14.8. The Morgan fingerprint density at radius 3 is 2.86 bits per heavy atom. The number of nitrogens with one attached hydrogen (secondary N) is 1. The summed E-state index contributed by atoms with van der Waals surface area (Å²) in [5, 5.41) is 2.82. The normalized spacial score (nSPS) is 21.4. The summed E-state index contributed by atoms with van der Waals surface area (Å²) >= 11 is 0. The second kappa shape index (κ2) is 5.63. The van der Waals surface area contributed by atoms with Crippen molar-refractivity contribution >= 4 is 11.6 Å². The predicted octanol–water partition coefficient (Wildman–Crippen LogP) is 0.488. The first-order valence-electron chi connectivity index (χ1n) is 6.76. The number of hydrogen-bond acceptors (Lipinski definition) is 5. The Hall–Kier alpha value is -2.25. The van der Waals surface area contributed by atoms with Gasteiger partial charge in [0, 0.05) is 18.4 Å². The average Bonchev–Trinajstić information content (AvgIpc) is 3.08. The minimum absolute atomic E-state index is 0.131. The highest BCUT2D eigenvalue weighted by molar-refractivity contribution is 5.93. The van der Waals surface area contributed by atoms with Gasteiger partial charge in [0.05, 0.1) is 31.0 Å². The molecule has 1 amide bonds. The summed E-state index contributed by atoms with van der Waals surface area (Å²) in [6.45, 7) is 2.70. The van der Waals surface area contributed by atoms with Gasteiger partial charge >= 0.3 is 0 Å². The van der Waals surface area contributed by atoms with Crippen LogP contribution in [-0.2, 0) is 9.53 Å². The number of carbonyl (C=O) groups is 1. The van der Waals surface area contributed by atoms with E-state index in [0.717, 1.165) is 11.6 Å². The molecule has 1 aliphatic heterocycles. The van der Waals surface area contributed by atoms with Crippen molar-refractivity contribution in [2.75, 3.05) is 18.5 Å². The number of nitrogens with two attached hydrogens (primary N) is 1. The molecule has 7 heteroatoms. The van der Waals surface area contributed by atoms with Gasteiger partial charge in [0.2, 0.25) is 5.91 Å². The Kier molecular flexibility index (Phi) is 3.68. The van der Waals surface area contributed by atoms with Crippen LogP contribution in [0.5, 0.6) is 0 Å². The Morgan fingerprint density at radius 2 is 2.29 bits per heavy atom. The number of aryl methyl sites for hydroxylation is 1. The molecule has 110 valence electrons. The lowest BCUT2D eigenvalue weighted by molar-refractivity contribution is -0.120. The van der Waals surface area contributed by atoms with Crippen molar-refractivity contribution < 1.29 is 9.53 Å². The topological polar surface area (TPSA) is 95.1 Å². The Labute approximate surface area is 122 Å². The van der Waals surface area contributed by atoms with Crippen LogP contribution in [0.15, 0.2) is 30.7 Å². The summed E-state index contributed by atoms with van der Waals surface area (Å²) in [6.07, 6.45) is 5.17. The highest BCUT2D eigenvalue weighted by atomic mass is 16.5. The highest BCUT2D eigenvalue weighted by Gasteiger charge is 2.31. The van der Waals surface area contributed by atoms with Gasteiger partial charge in [-0.1, -0.05) is 0 Å². The van der Waals surface area contributed by atoms with Crippen LogP contribution >= 0.6 is 0 Å². The van der Waals surface area contributed by atoms with Gasteiger partial charge < -0.3 is 15.8 Å². The molecule has 3 N–H and O–H groups in total. The number of anilines is 1. The molecule has 1 aliphatic rings. The molecule has 2 unspecified atom stereocenters. The molecule has 2 atom stereocenters. The SMILES string of the molecule is Cc1nccn1-c1ccc(NC(=O)C2COCC2N)cn1. The van der Waals surface area contributed by atoms with Gasteiger partial charge in [-0.25, -0.2) is 9.97 Å². The van der Waals surface area contributed by atoms with E-state index >= 15 is 0 Å². The number of carbonyl (C=O) groups excluding carboxylic acids is 1. The number of rotatable bonds is 3. The maximum absolute atomic E-state index is 12.1. The number of hydrogen-bond donors (Lipinski definition) is 2. The van der Waals surface area contributed by atoms with Crippen LogP contribution in [0.4, 0.5) is 5.69 Å². The second-order valence-electron chi connectivity index (χ2n) is 5.05. The molecule has 0 bridgehead atoms. The van der Waals surface area contributed by atoms with Gasteiger partial charge in [0.15, 0.2) is 0 Å². The van der Waals surface area contributed by atoms with Crippen LogP contribution in [0.1, 0.15) is 5.82 Å². The summed E-state index contributed by atoms with van der Waals surface area (Å²) in [5.41, 5.74) is 6.47. The van der Waals surface area contributed by atoms with Crippen molar-refractivity contribution in [3.05, 3.63) is 36.5 Å². The quantitative estimate of drug-likeness (QED) is 0.856. The van der Waals surface area contributed by atoms with E-state index < -0.39 is 0 Å². The average molecular weight is 287 g/mol. The number of imidazole rings is 1. The fourth-order valence-corrected chi connectivity index (χ4v) is 2.30. The minimum atomic E-state index is -0.305. The summed E-state index contributed by atoms with van der Waals surface area (Å²) < 4.78 is 7.07. The van der Waals surface area contributed by atoms with E-state index in [9.17, 15) is 4.79 Å². The largest absolute Gasteiger partial charge is 0.379 e. The predicted molar refractivity (Wildman–Crippen MR) is 77.0 cm³/mol. The van der Waals surface area contributed by atoms with Crippen LogP contribution in [0.2, 0.25) is 0 Å². The van der Waals surface area contributed by atoms with Crippen LogP contribution in [0, 0.1) is 12.8 Å². The molecule has 0 saturated carbocycles. The Balaban J connectivity index is 1.70. The number of pyridine rings is 1. The lowest BCUT2D eigenvalue weighted by Crippen LogP contribution is -2.37. The second-order valence-corrected chi connectivity index (χ2v) is 5.05. The van der Waals surface area contributed by atoms with Gasteiger partial charge in [0.1, 0.15) is 11.6 Å². The third-order valence-electron chi connectivity index (χ3n) is 3.55. The summed E-state index contributed by atoms with van der Waals surface area (Å²) in [7, 11) is 0. The molecule has 0 aliphatic carbocycles. The van der Waals surface area contributed by atoms with Crippen LogP contribution in [-0.4, -0.2) is 39.7 Å². The van der Waals surface area contributed by atoms with Crippen molar-refractivity contribution in [2.24, 2.45) is 11.7 Å². The van der Waals surface area contributed by atoms with Crippen molar-refractivity contribution in [3.8, 4) is 5.82 Å². The van der Waals surface area contributed by atoms with Gasteiger partial charge in [0.25, 0.3) is 0 Å². The molecular weight excluding hydrogens is 270 g/mol. The fourth-order valence-electron chi connectivity index (χ4n) is 2.30. The Bertz CT molecular complexity index is 637. The van der Waals surface area contributed by atoms with Crippen molar-refractivity contribution in [1.29, 1.82) is 0 Å². The molecule has 21 heavy (non-hydrogen) atoms. The van der Waals surface area contributed by atoms with Gasteiger partial charge in [-0.15, -0.1) is 0 Å². The Morgan fingerprint density at radius 1 is 1.43 bits per heavy atom. The first kappa shape index (κ1) is 13.7. The van der Waals surface area contributed by atoms with E-state index in [1.807, 2.05) is 23.8 Å². The van der Waals surface area contributed by atoms with Crippen molar-refractivity contribution in [1.82, 2.24) is 14.5 Å². The van der Waals surface area contributed by atoms with Crippen LogP contribution in [0.25, 0.3) is 5.82 Å². The van der Waals surface area contributed by atoms with Crippen LogP contribution < -0.4 is 11.1 Å². The fraction of sp³-hybridized carbons (Fsp3) is 0.357. The number of nitrogens with zero attached hydrogens (tertiary/aromatic N) is 3. The summed E-state index contributed by atoms with van der Waals surface area (Å²) in [5.74, 6) is 1.17. The monoisotopic (exact) mass is 287 g/mol. The molecule has 0 spiro atoms. The van der Waals surface area contributed by atoms with Crippen molar-refractivity contribution in [3.63, 3.8) is 0 Å². The third-order valence-corrected chi connectivity index (χ3v) is 3.55. The van der Waals surface area contributed by atoms with Crippen molar-refractivity contribution in [2.45, 2.75) is 13.0 Å². The smallest absolute Gasteiger partial charge is 0.231 e. The molecule has 0 aromatic carbocycles. The molecule has 3 rings (SSSR count). The van der Waals surface area contributed by atoms with E-state index in [1.165, 1.54) is 0 Å². The molecule has 7 nitrogen and oxygen atoms in total. The lowest BCUT2D eigenvalue weighted by Gasteiger charge is -2.13. The zero-order valence-corrected chi connectivity index (χ0v) is 11.7. The maximum atomic E-state index is 12.1. The zero-order valence-electron chi connectivity index (χ0n) is 11.7. The van der Waals surface area contributed by atoms with E-state index in [1.54, 1.807) is 18.5 Å². The highest BCUT2D eigenvalue weighted by Crippen LogP contribution is 2.16. The maximum Gasteiger partial charge on any atom is 0.231 e. The molecule has 2 aromatic heterocycles. The molecule has 3 heterocycles. The van der Waals surface area contributed by atoms with Gasteiger partial charge in [-0.05, 0) is 19.1 Å². The summed E-state index contributed by atoms with van der Waals surface area (Å²) in [4.78, 5) is 20.6. The molecule has 0 radical (unpaired) electrons. The third kappa shape index (κ3) is 2.79.